The molecule has 1 aromatic rings. The number of benzene rings is 1. The van der Waals surface area contributed by atoms with E-state index >= 15 is 0 Å². The van der Waals surface area contributed by atoms with Crippen molar-refractivity contribution in [3.63, 3.8) is 0 Å². The van der Waals surface area contributed by atoms with Crippen LogP contribution in [0.25, 0.3) is 0 Å². The number of hydrogen-bond acceptors (Lipinski definition) is 2. The van der Waals surface area contributed by atoms with Crippen molar-refractivity contribution in [1.82, 2.24) is 0 Å². The minimum Gasteiger partial charge on any atom is -0.409 e. The number of halogens is 3. The topological polar surface area (TPSA) is 58.6 Å². The van der Waals surface area contributed by atoms with E-state index in [4.69, 9.17) is 10.9 Å². The molecule has 3 N–H and O–H groups in total. The van der Waals surface area contributed by atoms with Crippen LogP contribution in [0.4, 0.5) is 11.7 Å². The molecular weight excluding hydrogens is 229 g/mol. The highest BCUT2D eigenvalue weighted by Gasteiger charge is 2.21. The lowest BCUT2D eigenvalue weighted by molar-refractivity contribution is 0.318. The van der Waals surface area contributed by atoms with E-state index in [1.165, 1.54) is 24.3 Å². The molecule has 7 heteroatoms. The molecule has 0 unspecified atom stereocenters. The number of amidine groups is 1. The number of hydrogen-bond donors (Lipinski definition) is 2. The molecule has 0 saturated heterocycles. The van der Waals surface area contributed by atoms with Crippen molar-refractivity contribution in [1.29, 1.82) is 0 Å². The van der Waals surface area contributed by atoms with Crippen LogP contribution >= 0.6 is 11.2 Å². The maximum absolute atomic E-state index is 12.1. The molecule has 0 spiro atoms. The summed E-state index contributed by atoms with van der Waals surface area (Å²) in [6, 6.07) is 5.40. The molecule has 0 atom stereocenters. The van der Waals surface area contributed by atoms with Gasteiger partial charge in [-0.05, 0) is 5.56 Å². The molecule has 0 saturated carbocycles. The van der Waals surface area contributed by atoms with E-state index < -0.39 is 16.9 Å². The van der Waals surface area contributed by atoms with E-state index in [9.17, 15) is 11.7 Å². The van der Waals surface area contributed by atoms with Gasteiger partial charge in [0.2, 0.25) is 11.2 Å². The molecule has 0 aliphatic heterocycles. The number of nitrogens with two attached hydrogens (primary N) is 1. The fraction of sp³-hybridized carbons (Fsp3) is 0.125. The highest BCUT2D eigenvalue weighted by atomic mass is 32.3. The average molecular weight is 238 g/mol. The lowest BCUT2D eigenvalue weighted by Gasteiger charge is -2.09. The van der Waals surface area contributed by atoms with Gasteiger partial charge in [-0.1, -0.05) is 29.4 Å². The Labute approximate surface area is 86.6 Å². The van der Waals surface area contributed by atoms with Gasteiger partial charge < -0.3 is 10.9 Å². The van der Waals surface area contributed by atoms with Gasteiger partial charge in [-0.15, -0.1) is 11.7 Å². The van der Waals surface area contributed by atoms with Crippen LogP contribution in [0.3, 0.4) is 0 Å². The molecule has 0 amide bonds. The highest BCUT2D eigenvalue weighted by molar-refractivity contribution is 8.20. The molecule has 84 valence electrons. The normalized spacial score (nSPS) is 13.9. The van der Waals surface area contributed by atoms with Crippen molar-refractivity contribution in [3.8, 4) is 0 Å². The summed E-state index contributed by atoms with van der Waals surface area (Å²) in [7, 11) is 0. The smallest absolute Gasteiger partial charge is 0.213 e. The minimum atomic E-state index is -5.03. The number of nitrogens with zero attached hydrogens (tertiary/aromatic N) is 1. The van der Waals surface area contributed by atoms with E-state index in [1.807, 2.05) is 0 Å². The van der Waals surface area contributed by atoms with Crippen molar-refractivity contribution in [2.24, 2.45) is 10.9 Å². The maximum atomic E-state index is 12.1. The quantitative estimate of drug-likeness (QED) is 0.368. The third-order valence-corrected chi connectivity index (χ3v) is 2.35. The van der Waals surface area contributed by atoms with Crippen LogP contribution in [0, 0.1) is 0 Å². The minimum absolute atomic E-state index is 0.124. The summed E-state index contributed by atoms with van der Waals surface area (Å²) < 4.78 is 36.2. The Balaban J connectivity index is 2.82. The number of rotatable bonds is 3. The van der Waals surface area contributed by atoms with Crippen molar-refractivity contribution >= 4 is 17.0 Å². The predicted molar refractivity (Wildman–Crippen MR) is 53.6 cm³/mol. The molecule has 0 aliphatic carbocycles. The zero-order chi connectivity index (χ0) is 11.5. The Hall–Kier alpha value is -1.37. The largest absolute Gasteiger partial charge is 0.409 e. The Morgan fingerprint density at radius 3 is 2.20 bits per heavy atom. The van der Waals surface area contributed by atoms with Gasteiger partial charge >= 0.3 is 0 Å². The first-order chi connectivity index (χ1) is 6.92. The maximum Gasteiger partial charge on any atom is 0.213 e. The summed E-state index contributed by atoms with van der Waals surface area (Å²) in [5.41, 5.74) is 5.82. The van der Waals surface area contributed by atoms with Crippen LogP contribution in [-0.2, 0) is 5.75 Å². The first-order valence-corrected chi connectivity index (χ1v) is 5.39. The molecule has 0 heterocycles. The fourth-order valence-electron chi connectivity index (χ4n) is 1.02. The van der Waals surface area contributed by atoms with E-state index in [0.717, 1.165) is 0 Å². The van der Waals surface area contributed by atoms with Crippen LogP contribution in [0.15, 0.2) is 29.4 Å². The van der Waals surface area contributed by atoms with Crippen LogP contribution in [-0.4, -0.2) is 11.0 Å². The Bertz CT molecular complexity index is 361. The van der Waals surface area contributed by atoms with Gasteiger partial charge in [0.05, 0.1) is 5.75 Å². The summed E-state index contributed by atoms with van der Waals surface area (Å²) in [5, 5.41) is 11.1. The monoisotopic (exact) mass is 238 g/mol. The highest BCUT2D eigenvalue weighted by Crippen LogP contribution is 2.55. The molecule has 1 aromatic carbocycles. The molecule has 0 aromatic heterocycles. The SMILES string of the molecule is NC(=NO)c1ccc(CS(F)(F)F)cc1. The van der Waals surface area contributed by atoms with Gasteiger partial charge in [-0.25, -0.2) is 0 Å². The van der Waals surface area contributed by atoms with E-state index in [2.05, 4.69) is 5.16 Å². The van der Waals surface area contributed by atoms with Gasteiger partial charge in [0.15, 0.2) is 5.84 Å². The van der Waals surface area contributed by atoms with Gasteiger partial charge in [-0.2, -0.15) is 0 Å². The summed E-state index contributed by atoms with van der Waals surface area (Å²) in [5.74, 6) is -1.02. The third-order valence-electron chi connectivity index (χ3n) is 1.69. The standard InChI is InChI=1S/C8H9F3N2OS/c9-15(10,11)5-6-1-3-7(4-2-6)8(12)13-14/h1-4,14H,5H2,(H2,12,13). The van der Waals surface area contributed by atoms with Crippen LogP contribution in [0.5, 0.6) is 0 Å². The van der Waals surface area contributed by atoms with E-state index in [-0.39, 0.29) is 11.4 Å². The average Bonchev–Trinajstić information content (AvgIpc) is 2.15. The summed E-state index contributed by atoms with van der Waals surface area (Å²) >= 11 is -5.03. The van der Waals surface area contributed by atoms with Crippen molar-refractivity contribution in [2.45, 2.75) is 5.75 Å². The molecule has 0 fully saturated rings. The van der Waals surface area contributed by atoms with Gasteiger partial charge in [0, 0.05) is 5.56 Å². The number of oxime groups is 1. The molecule has 3 nitrogen and oxygen atoms in total. The van der Waals surface area contributed by atoms with Gasteiger partial charge in [0.25, 0.3) is 0 Å². The first-order valence-electron chi connectivity index (χ1n) is 3.89. The Kier molecular flexibility index (Phi) is 3.46. The second-order valence-electron chi connectivity index (χ2n) is 2.83. The summed E-state index contributed by atoms with van der Waals surface area (Å²) in [6.45, 7) is 0. The lowest BCUT2D eigenvalue weighted by Crippen LogP contribution is -2.12. The second kappa shape index (κ2) is 4.43. The molecule has 15 heavy (non-hydrogen) atoms. The molecular formula is C8H9F3N2OS. The fourth-order valence-corrected chi connectivity index (χ4v) is 1.59. The molecule has 0 radical (unpaired) electrons. The zero-order valence-corrected chi connectivity index (χ0v) is 8.35. The zero-order valence-electron chi connectivity index (χ0n) is 7.53. The van der Waals surface area contributed by atoms with Crippen molar-refractivity contribution in [2.75, 3.05) is 0 Å². The Morgan fingerprint density at radius 1 is 1.27 bits per heavy atom. The second-order valence-corrected chi connectivity index (χ2v) is 4.12. The van der Waals surface area contributed by atoms with Crippen LogP contribution in [0.1, 0.15) is 11.1 Å². The van der Waals surface area contributed by atoms with Crippen molar-refractivity contribution < 1.29 is 16.9 Å². The lowest BCUT2D eigenvalue weighted by atomic mass is 10.1. The Morgan fingerprint density at radius 2 is 1.80 bits per heavy atom. The third kappa shape index (κ3) is 3.70. The predicted octanol–water partition coefficient (Wildman–Crippen LogP) is 2.74. The molecule has 0 aliphatic rings. The van der Waals surface area contributed by atoms with E-state index in [0.29, 0.717) is 5.56 Å². The summed E-state index contributed by atoms with van der Waals surface area (Å²) in [6.07, 6.45) is 0. The molecule has 1 rings (SSSR count). The summed E-state index contributed by atoms with van der Waals surface area (Å²) in [4.78, 5) is 0. The van der Waals surface area contributed by atoms with Gasteiger partial charge in [0.1, 0.15) is 0 Å². The van der Waals surface area contributed by atoms with Crippen LogP contribution < -0.4 is 5.73 Å². The van der Waals surface area contributed by atoms with Crippen molar-refractivity contribution in [3.05, 3.63) is 35.4 Å². The molecule has 0 bridgehead atoms. The van der Waals surface area contributed by atoms with E-state index in [1.54, 1.807) is 0 Å². The first kappa shape index (κ1) is 11.7. The van der Waals surface area contributed by atoms with Crippen LogP contribution in [0.2, 0.25) is 0 Å². The van der Waals surface area contributed by atoms with Gasteiger partial charge in [-0.3, -0.25) is 0 Å².